The highest BCUT2D eigenvalue weighted by Crippen LogP contribution is 2.18. The van der Waals surface area contributed by atoms with Crippen molar-refractivity contribution in [3.05, 3.63) is 35.4 Å². The lowest BCUT2D eigenvalue weighted by molar-refractivity contribution is -0.135. The Morgan fingerprint density at radius 1 is 1.35 bits per heavy atom. The molecule has 2 unspecified atom stereocenters. The molecule has 5 heteroatoms. The van der Waals surface area contributed by atoms with Gasteiger partial charge in [-0.05, 0) is 50.2 Å². The lowest BCUT2D eigenvalue weighted by Crippen LogP contribution is -2.38. The molecule has 5 nitrogen and oxygen atoms in total. The highest BCUT2D eigenvalue weighted by atomic mass is 16.5. The van der Waals surface area contributed by atoms with Crippen LogP contribution in [0.1, 0.15) is 43.7 Å². The number of fused-ring (bicyclic) bond motifs is 1. The first-order valence-electron chi connectivity index (χ1n) is 10.0. The molecule has 3 rings (SSSR count). The summed E-state index contributed by atoms with van der Waals surface area (Å²) in [4.78, 5) is 14.6. The molecule has 1 saturated heterocycles. The number of carbonyl (C=O) groups is 1. The van der Waals surface area contributed by atoms with Crippen LogP contribution >= 0.6 is 0 Å². The predicted molar refractivity (Wildman–Crippen MR) is 102 cm³/mol. The van der Waals surface area contributed by atoms with Crippen LogP contribution < -0.4 is 5.32 Å². The van der Waals surface area contributed by atoms with E-state index in [4.69, 9.17) is 9.47 Å². The third-order valence-corrected chi connectivity index (χ3v) is 5.34. The number of amides is 1. The number of ether oxygens (including phenoxy) is 2. The highest BCUT2D eigenvalue weighted by molar-refractivity contribution is 5.80. The molecule has 1 aromatic rings. The Hall–Kier alpha value is -1.43. The number of hydrogen-bond donors (Lipinski definition) is 1. The van der Waals surface area contributed by atoms with Gasteiger partial charge in [-0.1, -0.05) is 24.3 Å². The van der Waals surface area contributed by atoms with E-state index < -0.39 is 6.10 Å². The van der Waals surface area contributed by atoms with Crippen molar-refractivity contribution in [1.29, 1.82) is 0 Å². The number of nitrogens with one attached hydrogen (secondary N) is 1. The van der Waals surface area contributed by atoms with Gasteiger partial charge < -0.3 is 14.8 Å². The number of nitrogens with zero attached hydrogens (tertiary/aromatic N) is 1. The molecule has 0 bridgehead atoms. The Kier molecular flexibility index (Phi) is 7.47. The molecule has 0 aromatic heterocycles. The van der Waals surface area contributed by atoms with Crippen molar-refractivity contribution in [2.45, 2.75) is 57.8 Å². The lowest BCUT2D eigenvalue weighted by Gasteiger charge is -2.28. The summed E-state index contributed by atoms with van der Waals surface area (Å²) in [6.45, 7) is 6.98. The fourth-order valence-electron chi connectivity index (χ4n) is 3.67. The van der Waals surface area contributed by atoms with Crippen LogP contribution in [0.2, 0.25) is 0 Å². The van der Waals surface area contributed by atoms with E-state index in [1.807, 2.05) is 6.92 Å². The zero-order valence-corrected chi connectivity index (χ0v) is 15.9. The summed E-state index contributed by atoms with van der Waals surface area (Å²) < 4.78 is 11.3. The van der Waals surface area contributed by atoms with Gasteiger partial charge in [-0.3, -0.25) is 9.69 Å². The van der Waals surface area contributed by atoms with E-state index in [0.29, 0.717) is 13.2 Å². The third-order valence-electron chi connectivity index (χ3n) is 5.34. The van der Waals surface area contributed by atoms with E-state index >= 15 is 0 Å². The molecule has 0 saturated carbocycles. The average Bonchev–Trinajstić information content (AvgIpc) is 2.70. The Labute approximate surface area is 157 Å². The van der Waals surface area contributed by atoms with Crippen LogP contribution in [0.5, 0.6) is 0 Å². The maximum Gasteiger partial charge on any atom is 0.248 e. The maximum atomic E-state index is 12.1. The summed E-state index contributed by atoms with van der Waals surface area (Å²) >= 11 is 0. The predicted octanol–water partition coefficient (Wildman–Crippen LogP) is 2.53. The quantitative estimate of drug-likeness (QED) is 0.724. The molecule has 0 aliphatic carbocycles. The summed E-state index contributed by atoms with van der Waals surface area (Å²) in [7, 11) is 0. The Morgan fingerprint density at radius 2 is 2.19 bits per heavy atom. The van der Waals surface area contributed by atoms with Crippen molar-refractivity contribution < 1.29 is 14.3 Å². The van der Waals surface area contributed by atoms with Gasteiger partial charge >= 0.3 is 0 Å². The molecule has 1 amide bonds. The Balaban J connectivity index is 1.28. The first kappa shape index (κ1) is 19.3. The van der Waals surface area contributed by atoms with Crippen LogP contribution in [0.3, 0.4) is 0 Å². The molecular formula is C21H32N2O3. The van der Waals surface area contributed by atoms with E-state index in [-0.39, 0.29) is 12.0 Å². The second kappa shape index (κ2) is 10.0. The number of carbonyl (C=O) groups excluding carboxylic acids is 1. The highest BCUT2D eigenvalue weighted by Gasteiger charge is 2.19. The van der Waals surface area contributed by atoms with Crippen LogP contribution in [0.4, 0.5) is 0 Å². The van der Waals surface area contributed by atoms with E-state index in [1.54, 1.807) is 0 Å². The van der Waals surface area contributed by atoms with Gasteiger partial charge in [0.1, 0.15) is 6.10 Å². The smallest absolute Gasteiger partial charge is 0.248 e. The first-order valence-corrected chi connectivity index (χ1v) is 10.0. The molecule has 1 aromatic carbocycles. The number of benzene rings is 1. The second-order valence-corrected chi connectivity index (χ2v) is 7.40. The normalized spacial score (nSPS) is 21.8. The van der Waals surface area contributed by atoms with Crippen molar-refractivity contribution in [3.63, 3.8) is 0 Å². The SMILES string of the molecule is CC(OCC1CCCCO1)C(=O)NCCCN1CCc2ccccc2C1. The average molecular weight is 360 g/mol. The van der Waals surface area contributed by atoms with E-state index in [1.165, 1.54) is 17.5 Å². The molecule has 0 radical (unpaired) electrons. The Morgan fingerprint density at radius 3 is 3.00 bits per heavy atom. The standard InChI is InChI=1S/C21H32N2O3/c1-17(26-16-20-9-4-5-14-25-20)21(24)22-11-6-12-23-13-10-18-7-2-3-8-19(18)15-23/h2-3,7-8,17,20H,4-6,9-16H2,1H3,(H,22,24). The molecule has 2 heterocycles. The van der Waals surface area contributed by atoms with Crippen LogP contribution in [-0.4, -0.2) is 55.9 Å². The van der Waals surface area contributed by atoms with Gasteiger partial charge in [0.25, 0.3) is 0 Å². The first-order chi connectivity index (χ1) is 12.7. The minimum Gasteiger partial charge on any atom is -0.376 e. The monoisotopic (exact) mass is 360 g/mol. The zero-order valence-electron chi connectivity index (χ0n) is 15.9. The summed E-state index contributed by atoms with van der Waals surface area (Å²) in [5, 5.41) is 3.00. The molecule has 2 aliphatic heterocycles. The molecule has 1 fully saturated rings. The molecule has 2 aliphatic rings. The van der Waals surface area contributed by atoms with Crippen molar-refractivity contribution >= 4 is 5.91 Å². The molecule has 0 spiro atoms. The molecule has 1 N–H and O–H groups in total. The molecule has 26 heavy (non-hydrogen) atoms. The van der Waals surface area contributed by atoms with Crippen molar-refractivity contribution in [2.75, 3.05) is 32.8 Å². The fraction of sp³-hybridized carbons (Fsp3) is 0.667. The van der Waals surface area contributed by atoms with E-state index in [0.717, 1.165) is 51.9 Å². The lowest BCUT2D eigenvalue weighted by atomic mass is 10.00. The fourth-order valence-corrected chi connectivity index (χ4v) is 3.67. The minimum absolute atomic E-state index is 0.0233. The van der Waals surface area contributed by atoms with Gasteiger partial charge in [0, 0.05) is 32.8 Å². The van der Waals surface area contributed by atoms with Crippen LogP contribution in [0, 0.1) is 0 Å². The van der Waals surface area contributed by atoms with Gasteiger partial charge in [-0.25, -0.2) is 0 Å². The van der Waals surface area contributed by atoms with Crippen molar-refractivity contribution in [2.24, 2.45) is 0 Å². The summed E-state index contributed by atoms with van der Waals surface area (Å²) in [6, 6.07) is 8.68. The number of rotatable bonds is 8. The van der Waals surface area contributed by atoms with Crippen molar-refractivity contribution in [1.82, 2.24) is 10.2 Å². The van der Waals surface area contributed by atoms with Crippen LogP contribution in [0.25, 0.3) is 0 Å². The minimum atomic E-state index is -0.414. The van der Waals surface area contributed by atoms with Gasteiger partial charge in [0.15, 0.2) is 0 Å². The molecule has 144 valence electrons. The van der Waals surface area contributed by atoms with Gasteiger partial charge in [-0.15, -0.1) is 0 Å². The van der Waals surface area contributed by atoms with Gasteiger partial charge in [0.05, 0.1) is 12.7 Å². The van der Waals surface area contributed by atoms with Crippen LogP contribution in [-0.2, 0) is 27.2 Å². The summed E-state index contributed by atoms with van der Waals surface area (Å²) in [5.74, 6) is -0.0233. The van der Waals surface area contributed by atoms with Crippen LogP contribution in [0.15, 0.2) is 24.3 Å². The third kappa shape index (κ3) is 5.79. The Bertz CT molecular complexity index is 572. The number of hydrogen-bond acceptors (Lipinski definition) is 4. The van der Waals surface area contributed by atoms with Crippen molar-refractivity contribution in [3.8, 4) is 0 Å². The largest absolute Gasteiger partial charge is 0.376 e. The maximum absolute atomic E-state index is 12.1. The van der Waals surface area contributed by atoms with Gasteiger partial charge in [-0.2, -0.15) is 0 Å². The molecular weight excluding hydrogens is 328 g/mol. The van der Waals surface area contributed by atoms with E-state index in [2.05, 4.69) is 34.5 Å². The topological polar surface area (TPSA) is 50.8 Å². The molecule has 2 atom stereocenters. The summed E-state index contributed by atoms with van der Waals surface area (Å²) in [5.41, 5.74) is 2.92. The second-order valence-electron chi connectivity index (χ2n) is 7.40. The van der Waals surface area contributed by atoms with E-state index in [9.17, 15) is 4.79 Å². The zero-order chi connectivity index (χ0) is 18.2. The summed E-state index contributed by atoms with van der Waals surface area (Å²) in [6.07, 6.45) is 5.18. The van der Waals surface area contributed by atoms with Gasteiger partial charge in [0.2, 0.25) is 5.91 Å².